The van der Waals surface area contributed by atoms with Crippen LogP contribution in [-0.4, -0.2) is 9.97 Å². The fourth-order valence-electron chi connectivity index (χ4n) is 2.75. The highest BCUT2D eigenvalue weighted by atomic mass is 127. The standard InChI is InChI=1S/C22H15IN2/c23-21-15-20(18-9-5-2-6-10-18)24-22(25-21)19-13-11-17(12-14-19)16-7-3-1-4-8-16/h1-15H. The molecule has 0 amide bonds. The molecule has 0 aliphatic carbocycles. The van der Waals surface area contributed by atoms with Gasteiger partial charge in [-0.1, -0.05) is 84.9 Å². The van der Waals surface area contributed by atoms with Gasteiger partial charge in [-0.05, 0) is 39.8 Å². The van der Waals surface area contributed by atoms with Crippen LogP contribution in [0, 0.1) is 3.70 Å². The number of rotatable bonds is 3. The van der Waals surface area contributed by atoms with Crippen molar-refractivity contribution in [2.24, 2.45) is 0 Å². The van der Waals surface area contributed by atoms with Gasteiger partial charge >= 0.3 is 0 Å². The van der Waals surface area contributed by atoms with Crippen molar-refractivity contribution in [3.05, 3.63) is 94.7 Å². The summed E-state index contributed by atoms with van der Waals surface area (Å²) in [6, 6.07) is 31.0. The lowest BCUT2D eigenvalue weighted by Gasteiger charge is -2.07. The van der Waals surface area contributed by atoms with Crippen LogP contribution in [0.2, 0.25) is 0 Å². The summed E-state index contributed by atoms with van der Waals surface area (Å²) in [6.45, 7) is 0. The molecule has 1 aromatic heterocycles. The van der Waals surface area contributed by atoms with E-state index in [0.29, 0.717) is 0 Å². The molecule has 0 N–H and O–H groups in total. The van der Waals surface area contributed by atoms with E-state index in [-0.39, 0.29) is 0 Å². The molecule has 0 bridgehead atoms. The molecule has 0 spiro atoms. The number of hydrogen-bond donors (Lipinski definition) is 0. The van der Waals surface area contributed by atoms with Gasteiger partial charge in [-0.25, -0.2) is 9.97 Å². The number of nitrogens with zero attached hydrogens (tertiary/aromatic N) is 2. The molecule has 0 saturated carbocycles. The van der Waals surface area contributed by atoms with Crippen LogP contribution in [0.4, 0.5) is 0 Å². The first kappa shape index (κ1) is 16.0. The van der Waals surface area contributed by atoms with E-state index in [4.69, 9.17) is 4.98 Å². The van der Waals surface area contributed by atoms with Gasteiger partial charge in [0.05, 0.1) is 5.69 Å². The number of aromatic nitrogens is 2. The Kier molecular flexibility index (Phi) is 4.57. The van der Waals surface area contributed by atoms with Crippen LogP contribution in [0.25, 0.3) is 33.8 Å². The largest absolute Gasteiger partial charge is 0.228 e. The normalized spacial score (nSPS) is 10.6. The lowest BCUT2D eigenvalue weighted by Crippen LogP contribution is -1.95. The van der Waals surface area contributed by atoms with Crippen molar-refractivity contribution in [3.63, 3.8) is 0 Å². The molecular formula is C22H15IN2. The van der Waals surface area contributed by atoms with Crippen molar-refractivity contribution in [2.45, 2.75) is 0 Å². The summed E-state index contributed by atoms with van der Waals surface area (Å²) in [5.74, 6) is 0.755. The topological polar surface area (TPSA) is 25.8 Å². The highest BCUT2D eigenvalue weighted by Crippen LogP contribution is 2.25. The second-order valence-electron chi connectivity index (χ2n) is 5.71. The fraction of sp³-hybridized carbons (Fsp3) is 0. The van der Waals surface area contributed by atoms with E-state index < -0.39 is 0 Å². The Bertz CT molecular complexity index is 981. The monoisotopic (exact) mass is 434 g/mol. The summed E-state index contributed by atoms with van der Waals surface area (Å²) < 4.78 is 0.939. The molecule has 3 heteroatoms. The molecule has 4 aromatic rings. The minimum atomic E-state index is 0.755. The summed E-state index contributed by atoms with van der Waals surface area (Å²) in [5, 5.41) is 0. The van der Waals surface area contributed by atoms with Crippen molar-refractivity contribution in [3.8, 4) is 33.8 Å². The average molecular weight is 434 g/mol. The Labute approximate surface area is 160 Å². The van der Waals surface area contributed by atoms with E-state index in [1.165, 1.54) is 11.1 Å². The summed E-state index contributed by atoms with van der Waals surface area (Å²) in [4.78, 5) is 9.37. The molecule has 25 heavy (non-hydrogen) atoms. The van der Waals surface area contributed by atoms with Crippen LogP contribution in [0.3, 0.4) is 0 Å². The van der Waals surface area contributed by atoms with E-state index in [0.717, 1.165) is 26.3 Å². The number of halogens is 1. The van der Waals surface area contributed by atoms with Gasteiger partial charge in [0, 0.05) is 11.1 Å². The zero-order valence-corrected chi connectivity index (χ0v) is 15.6. The number of benzene rings is 3. The molecule has 0 unspecified atom stereocenters. The van der Waals surface area contributed by atoms with Crippen LogP contribution in [-0.2, 0) is 0 Å². The highest BCUT2D eigenvalue weighted by molar-refractivity contribution is 14.1. The van der Waals surface area contributed by atoms with Gasteiger partial charge in [-0.15, -0.1) is 0 Å². The van der Waals surface area contributed by atoms with E-state index in [9.17, 15) is 0 Å². The van der Waals surface area contributed by atoms with Crippen LogP contribution in [0.15, 0.2) is 91.0 Å². The number of hydrogen-bond acceptors (Lipinski definition) is 2. The van der Waals surface area contributed by atoms with Crippen LogP contribution >= 0.6 is 22.6 Å². The zero-order valence-electron chi connectivity index (χ0n) is 13.4. The Morgan fingerprint density at radius 3 is 1.68 bits per heavy atom. The summed E-state index contributed by atoms with van der Waals surface area (Å²) >= 11 is 2.25. The lowest BCUT2D eigenvalue weighted by atomic mass is 10.0. The van der Waals surface area contributed by atoms with Crippen molar-refractivity contribution < 1.29 is 0 Å². The molecule has 2 nitrogen and oxygen atoms in total. The van der Waals surface area contributed by atoms with Crippen LogP contribution < -0.4 is 0 Å². The van der Waals surface area contributed by atoms with Gasteiger partial charge < -0.3 is 0 Å². The maximum atomic E-state index is 4.76. The van der Waals surface area contributed by atoms with Gasteiger partial charge in [0.15, 0.2) is 5.82 Å². The summed E-state index contributed by atoms with van der Waals surface area (Å²) in [5.41, 5.74) is 5.48. The SMILES string of the molecule is Ic1cc(-c2ccccc2)nc(-c2ccc(-c3ccccc3)cc2)n1. The fourth-order valence-corrected chi connectivity index (χ4v) is 3.27. The third-order valence-electron chi connectivity index (χ3n) is 4.01. The van der Waals surface area contributed by atoms with Gasteiger partial charge in [0.2, 0.25) is 0 Å². The minimum absolute atomic E-state index is 0.755. The highest BCUT2D eigenvalue weighted by Gasteiger charge is 2.08. The van der Waals surface area contributed by atoms with Gasteiger partial charge in [0.25, 0.3) is 0 Å². The van der Waals surface area contributed by atoms with Gasteiger partial charge in [0.1, 0.15) is 3.70 Å². The predicted octanol–water partition coefficient (Wildman–Crippen LogP) is 6.08. The van der Waals surface area contributed by atoms with Crippen LogP contribution in [0.5, 0.6) is 0 Å². The first-order valence-electron chi connectivity index (χ1n) is 8.05. The van der Waals surface area contributed by atoms with Crippen molar-refractivity contribution in [1.29, 1.82) is 0 Å². The van der Waals surface area contributed by atoms with Gasteiger partial charge in [-0.2, -0.15) is 0 Å². The van der Waals surface area contributed by atoms with Gasteiger partial charge in [-0.3, -0.25) is 0 Å². The first-order chi connectivity index (χ1) is 12.3. The second-order valence-corrected chi connectivity index (χ2v) is 6.81. The van der Waals surface area contributed by atoms with E-state index >= 15 is 0 Å². The molecule has 0 fully saturated rings. The smallest absolute Gasteiger partial charge is 0.160 e. The first-order valence-corrected chi connectivity index (χ1v) is 9.13. The molecule has 0 aliphatic heterocycles. The summed E-state index contributed by atoms with van der Waals surface area (Å²) in [6.07, 6.45) is 0. The van der Waals surface area contributed by atoms with Crippen molar-refractivity contribution in [1.82, 2.24) is 9.97 Å². The van der Waals surface area contributed by atoms with E-state index in [1.807, 2.05) is 30.3 Å². The Hall–Kier alpha value is -2.53. The van der Waals surface area contributed by atoms with E-state index in [1.54, 1.807) is 0 Å². The maximum absolute atomic E-state index is 4.76. The quantitative estimate of drug-likeness (QED) is 0.289. The maximum Gasteiger partial charge on any atom is 0.160 e. The third kappa shape index (κ3) is 3.61. The van der Waals surface area contributed by atoms with E-state index in [2.05, 4.69) is 88.2 Å². The zero-order chi connectivity index (χ0) is 17.1. The molecule has 3 aromatic carbocycles. The molecule has 4 rings (SSSR count). The Balaban J connectivity index is 1.71. The lowest BCUT2D eigenvalue weighted by molar-refractivity contribution is 1.15. The van der Waals surface area contributed by atoms with Crippen molar-refractivity contribution >= 4 is 22.6 Å². The molecule has 0 radical (unpaired) electrons. The molecule has 1 heterocycles. The Morgan fingerprint density at radius 2 is 1.04 bits per heavy atom. The minimum Gasteiger partial charge on any atom is -0.228 e. The van der Waals surface area contributed by atoms with Crippen LogP contribution in [0.1, 0.15) is 0 Å². The molecule has 120 valence electrons. The predicted molar refractivity (Wildman–Crippen MR) is 111 cm³/mol. The Morgan fingerprint density at radius 1 is 0.520 bits per heavy atom. The molecular weight excluding hydrogens is 419 g/mol. The molecule has 0 aliphatic rings. The second kappa shape index (κ2) is 7.15. The summed E-state index contributed by atoms with van der Waals surface area (Å²) in [7, 11) is 0. The average Bonchev–Trinajstić information content (AvgIpc) is 2.69. The molecule has 0 saturated heterocycles. The van der Waals surface area contributed by atoms with Crippen molar-refractivity contribution in [2.75, 3.05) is 0 Å². The molecule has 0 atom stereocenters. The third-order valence-corrected chi connectivity index (χ3v) is 4.57.